The van der Waals surface area contributed by atoms with E-state index in [0.29, 0.717) is 19.0 Å². The molecule has 0 aromatic heterocycles. The zero-order chi connectivity index (χ0) is 15.6. The molecule has 3 nitrogen and oxygen atoms in total. The number of anilines is 1. The third-order valence-corrected chi connectivity index (χ3v) is 3.97. The molecule has 21 heavy (non-hydrogen) atoms. The molecular formula is C15H18F3NO2. The van der Waals surface area contributed by atoms with Gasteiger partial charge in [-0.05, 0) is 43.9 Å². The fourth-order valence-electron chi connectivity index (χ4n) is 2.56. The van der Waals surface area contributed by atoms with E-state index >= 15 is 0 Å². The zero-order valence-electron chi connectivity index (χ0n) is 11.8. The maximum absolute atomic E-state index is 13.2. The fraction of sp³-hybridized carbons (Fsp3) is 0.533. The number of alkyl halides is 3. The summed E-state index contributed by atoms with van der Waals surface area (Å²) >= 11 is 0. The van der Waals surface area contributed by atoms with Crippen LogP contribution in [0.3, 0.4) is 0 Å². The molecule has 2 rings (SSSR count). The Hall–Kier alpha value is -1.72. The van der Waals surface area contributed by atoms with Gasteiger partial charge in [-0.25, -0.2) is 4.79 Å². The van der Waals surface area contributed by atoms with Gasteiger partial charge in [0, 0.05) is 18.8 Å². The molecule has 0 saturated heterocycles. The maximum Gasteiger partial charge on any atom is 0.418 e. The molecule has 1 N–H and O–H groups in total. The number of benzene rings is 1. The van der Waals surface area contributed by atoms with E-state index in [9.17, 15) is 18.0 Å². The summed E-state index contributed by atoms with van der Waals surface area (Å²) in [6.07, 6.45) is -1.34. The van der Waals surface area contributed by atoms with Gasteiger partial charge in [-0.3, -0.25) is 0 Å². The first-order valence-corrected chi connectivity index (χ1v) is 7.02. The lowest BCUT2D eigenvalue weighted by molar-refractivity contribution is -0.137. The number of hydrogen-bond donors (Lipinski definition) is 1. The number of nitrogens with zero attached hydrogens (tertiary/aromatic N) is 1. The maximum atomic E-state index is 13.2. The minimum absolute atomic E-state index is 0.0712. The van der Waals surface area contributed by atoms with Gasteiger partial charge >= 0.3 is 12.1 Å². The van der Waals surface area contributed by atoms with Gasteiger partial charge in [-0.2, -0.15) is 13.2 Å². The Morgan fingerprint density at radius 2 is 2.05 bits per heavy atom. The molecule has 116 valence electrons. The molecule has 0 amide bonds. The summed E-state index contributed by atoms with van der Waals surface area (Å²) in [5, 5.41) is 8.87. The second-order valence-corrected chi connectivity index (χ2v) is 5.37. The largest absolute Gasteiger partial charge is 0.478 e. The Bertz CT molecular complexity index is 524. The summed E-state index contributed by atoms with van der Waals surface area (Å²) in [4.78, 5) is 12.6. The highest BCUT2D eigenvalue weighted by atomic mass is 19.4. The molecular weight excluding hydrogens is 283 g/mol. The van der Waals surface area contributed by atoms with Crippen molar-refractivity contribution in [2.75, 3.05) is 18.0 Å². The van der Waals surface area contributed by atoms with Gasteiger partial charge in [-0.15, -0.1) is 0 Å². The second kappa shape index (κ2) is 5.95. The molecule has 0 radical (unpaired) electrons. The molecule has 1 aromatic rings. The molecule has 0 bridgehead atoms. The van der Waals surface area contributed by atoms with Crippen molar-refractivity contribution >= 4 is 11.7 Å². The van der Waals surface area contributed by atoms with Crippen LogP contribution in [0.15, 0.2) is 18.2 Å². The van der Waals surface area contributed by atoms with Crippen LogP contribution in [-0.2, 0) is 6.18 Å². The number of rotatable bonds is 5. The lowest BCUT2D eigenvalue weighted by Gasteiger charge is -2.34. The van der Waals surface area contributed by atoms with Crippen LogP contribution < -0.4 is 4.90 Å². The van der Waals surface area contributed by atoms with E-state index in [0.717, 1.165) is 25.3 Å². The SMILES string of the molecule is CCN(CC1CCC1)c1ccc(C(=O)O)cc1C(F)(F)F. The van der Waals surface area contributed by atoms with Crippen molar-refractivity contribution in [2.45, 2.75) is 32.4 Å². The third kappa shape index (κ3) is 3.49. The topological polar surface area (TPSA) is 40.5 Å². The van der Waals surface area contributed by atoms with Crippen molar-refractivity contribution in [3.05, 3.63) is 29.3 Å². The molecule has 1 fully saturated rings. The van der Waals surface area contributed by atoms with Gasteiger partial charge in [0.15, 0.2) is 0 Å². The Morgan fingerprint density at radius 1 is 1.38 bits per heavy atom. The zero-order valence-corrected chi connectivity index (χ0v) is 11.8. The molecule has 1 aliphatic rings. The van der Waals surface area contributed by atoms with Crippen LogP contribution in [-0.4, -0.2) is 24.2 Å². The Morgan fingerprint density at radius 3 is 2.48 bits per heavy atom. The molecule has 6 heteroatoms. The first kappa shape index (κ1) is 15.7. The lowest BCUT2D eigenvalue weighted by atomic mass is 9.85. The Balaban J connectivity index is 2.37. The van der Waals surface area contributed by atoms with Crippen molar-refractivity contribution in [1.82, 2.24) is 0 Å². The smallest absolute Gasteiger partial charge is 0.418 e. The number of carboxylic acid groups (broad SMARTS) is 1. The molecule has 0 aliphatic heterocycles. The fourth-order valence-corrected chi connectivity index (χ4v) is 2.56. The summed E-state index contributed by atoms with van der Waals surface area (Å²) in [6.45, 7) is 2.86. The summed E-state index contributed by atoms with van der Waals surface area (Å²) in [7, 11) is 0. The van der Waals surface area contributed by atoms with E-state index in [1.165, 1.54) is 12.1 Å². The lowest BCUT2D eigenvalue weighted by Crippen LogP contribution is -2.33. The van der Waals surface area contributed by atoms with Crippen molar-refractivity contribution in [2.24, 2.45) is 5.92 Å². The van der Waals surface area contributed by atoms with Gasteiger partial charge < -0.3 is 10.0 Å². The van der Waals surface area contributed by atoms with Crippen LogP contribution in [0.1, 0.15) is 42.1 Å². The van der Waals surface area contributed by atoms with E-state index in [1.807, 2.05) is 6.92 Å². The van der Waals surface area contributed by atoms with E-state index in [4.69, 9.17) is 5.11 Å². The van der Waals surface area contributed by atoms with Gasteiger partial charge in [0.1, 0.15) is 0 Å². The standard InChI is InChI=1S/C15H18F3NO2/c1-2-19(9-10-4-3-5-10)13-7-6-11(14(20)21)8-12(13)15(16,17)18/h6-8,10H,2-5,9H2,1H3,(H,20,21). The van der Waals surface area contributed by atoms with Crippen LogP contribution in [0, 0.1) is 5.92 Å². The number of carboxylic acids is 1. The molecule has 0 spiro atoms. The minimum Gasteiger partial charge on any atom is -0.478 e. The van der Waals surface area contributed by atoms with Crippen LogP contribution in [0.25, 0.3) is 0 Å². The first-order chi connectivity index (χ1) is 9.82. The molecule has 0 heterocycles. The van der Waals surface area contributed by atoms with E-state index in [2.05, 4.69) is 0 Å². The van der Waals surface area contributed by atoms with Gasteiger partial charge in [0.05, 0.1) is 11.1 Å². The number of aromatic carboxylic acids is 1. The summed E-state index contributed by atoms with van der Waals surface area (Å²) in [5.74, 6) is -0.917. The molecule has 0 atom stereocenters. The highest BCUT2D eigenvalue weighted by Crippen LogP contribution is 2.38. The summed E-state index contributed by atoms with van der Waals surface area (Å²) < 4.78 is 39.6. The van der Waals surface area contributed by atoms with Crippen LogP contribution in [0.5, 0.6) is 0 Å². The second-order valence-electron chi connectivity index (χ2n) is 5.37. The van der Waals surface area contributed by atoms with Crippen molar-refractivity contribution in [3.8, 4) is 0 Å². The third-order valence-electron chi connectivity index (χ3n) is 3.97. The van der Waals surface area contributed by atoms with E-state index in [-0.39, 0.29) is 11.3 Å². The molecule has 1 aliphatic carbocycles. The highest BCUT2D eigenvalue weighted by molar-refractivity contribution is 5.88. The van der Waals surface area contributed by atoms with Crippen molar-refractivity contribution < 1.29 is 23.1 Å². The molecule has 1 aromatic carbocycles. The van der Waals surface area contributed by atoms with Gasteiger partial charge in [0.2, 0.25) is 0 Å². The normalized spacial score (nSPS) is 15.6. The number of hydrogen-bond acceptors (Lipinski definition) is 2. The molecule has 0 unspecified atom stereocenters. The minimum atomic E-state index is -4.56. The number of carbonyl (C=O) groups is 1. The average Bonchev–Trinajstić information content (AvgIpc) is 2.36. The van der Waals surface area contributed by atoms with E-state index < -0.39 is 17.7 Å². The predicted octanol–water partition coefficient (Wildman–Crippen LogP) is 4.03. The predicted molar refractivity (Wildman–Crippen MR) is 73.6 cm³/mol. The monoisotopic (exact) mass is 301 g/mol. The Kier molecular flexibility index (Phi) is 4.44. The quantitative estimate of drug-likeness (QED) is 0.892. The summed E-state index contributed by atoms with van der Waals surface area (Å²) in [6, 6.07) is 3.23. The summed E-state index contributed by atoms with van der Waals surface area (Å²) in [5.41, 5.74) is -1.14. The van der Waals surface area contributed by atoms with Crippen LogP contribution >= 0.6 is 0 Å². The van der Waals surface area contributed by atoms with Crippen molar-refractivity contribution in [1.29, 1.82) is 0 Å². The van der Waals surface area contributed by atoms with Crippen molar-refractivity contribution in [3.63, 3.8) is 0 Å². The van der Waals surface area contributed by atoms with Crippen LogP contribution in [0.2, 0.25) is 0 Å². The number of halogens is 3. The van der Waals surface area contributed by atoms with Gasteiger partial charge in [-0.1, -0.05) is 6.42 Å². The van der Waals surface area contributed by atoms with Crippen LogP contribution in [0.4, 0.5) is 18.9 Å². The molecule has 1 saturated carbocycles. The van der Waals surface area contributed by atoms with E-state index in [1.54, 1.807) is 4.90 Å². The van der Waals surface area contributed by atoms with Gasteiger partial charge in [0.25, 0.3) is 0 Å². The highest BCUT2D eigenvalue weighted by Gasteiger charge is 2.36. The Labute approximate surface area is 121 Å². The average molecular weight is 301 g/mol. The first-order valence-electron chi connectivity index (χ1n) is 7.02.